The molecule has 0 spiro atoms. The Bertz CT molecular complexity index is 943. The quantitative estimate of drug-likeness (QED) is 0.323. The van der Waals surface area contributed by atoms with Crippen LogP contribution in [0.1, 0.15) is 42.4 Å². The maximum absolute atomic E-state index is 13.6. The standard InChI is InChI=1S/C23H22F9NO/c24-21(25,26)17-5-3-15(4-6-17)20-14(9-11-34)2-1-10-33(20)13-16-12-18(22(27,28)29)7-8-19(16)23(30,31)32/h3,5-8,11-12,14-15,20H,1-2,4,9-10,13H2/t14-,15?,20+/m0/s1. The molecule has 2 nitrogen and oxygen atoms in total. The number of hydrogen-bond donors (Lipinski definition) is 0. The van der Waals surface area contributed by atoms with E-state index >= 15 is 0 Å². The molecule has 1 aliphatic heterocycles. The molecule has 11 heteroatoms. The van der Waals surface area contributed by atoms with Crippen molar-refractivity contribution in [3.05, 3.63) is 58.7 Å². The maximum atomic E-state index is 13.6. The van der Waals surface area contributed by atoms with Gasteiger partial charge in [0, 0.05) is 19.0 Å². The second kappa shape index (κ2) is 9.75. The number of likely N-dealkylation sites (tertiary alicyclic amines) is 1. The summed E-state index contributed by atoms with van der Waals surface area (Å²) < 4.78 is 119. The topological polar surface area (TPSA) is 20.3 Å². The van der Waals surface area contributed by atoms with E-state index in [0.29, 0.717) is 37.3 Å². The molecule has 1 fully saturated rings. The Hall–Kier alpha value is -2.30. The molecule has 0 amide bonds. The van der Waals surface area contributed by atoms with E-state index in [4.69, 9.17) is 0 Å². The summed E-state index contributed by atoms with van der Waals surface area (Å²) in [5.41, 5.74) is -3.82. The molecule has 34 heavy (non-hydrogen) atoms. The first kappa shape index (κ1) is 26.3. The predicted octanol–water partition coefficient (Wildman–Crippen LogP) is 6.96. The van der Waals surface area contributed by atoms with Crippen LogP contribution in [0.15, 0.2) is 42.0 Å². The van der Waals surface area contributed by atoms with Gasteiger partial charge in [0.1, 0.15) is 6.29 Å². The van der Waals surface area contributed by atoms with Gasteiger partial charge in [-0.25, -0.2) is 0 Å². The van der Waals surface area contributed by atoms with Crippen molar-refractivity contribution in [3.8, 4) is 0 Å². The lowest BCUT2D eigenvalue weighted by molar-refractivity contribution is -0.142. The first-order chi connectivity index (χ1) is 15.7. The van der Waals surface area contributed by atoms with E-state index in [-0.39, 0.29) is 25.3 Å². The molecule has 1 aliphatic carbocycles. The van der Waals surface area contributed by atoms with E-state index in [1.165, 1.54) is 6.08 Å². The van der Waals surface area contributed by atoms with Crippen LogP contribution in [0.5, 0.6) is 0 Å². The first-order valence-electron chi connectivity index (χ1n) is 10.6. The van der Waals surface area contributed by atoms with Gasteiger partial charge >= 0.3 is 18.5 Å². The molecular weight excluding hydrogens is 477 g/mol. The minimum atomic E-state index is -4.89. The van der Waals surface area contributed by atoms with Crippen LogP contribution >= 0.6 is 0 Å². The highest BCUT2D eigenvalue weighted by Gasteiger charge is 2.41. The number of carbonyl (C=O) groups excluding carboxylic acids is 1. The van der Waals surface area contributed by atoms with Gasteiger partial charge in [-0.05, 0) is 61.4 Å². The third-order valence-electron chi connectivity index (χ3n) is 6.33. The molecule has 0 radical (unpaired) electrons. The summed E-state index contributed by atoms with van der Waals surface area (Å²) in [6.07, 6.45) is -9.35. The molecule has 1 aromatic carbocycles. The van der Waals surface area contributed by atoms with E-state index in [1.54, 1.807) is 4.90 Å². The number of carbonyl (C=O) groups is 1. The van der Waals surface area contributed by atoms with Gasteiger partial charge in [-0.1, -0.05) is 18.2 Å². The summed E-state index contributed by atoms with van der Waals surface area (Å²) in [4.78, 5) is 12.8. The number of alkyl halides is 9. The van der Waals surface area contributed by atoms with Crippen molar-refractivity contribution in [2.24, 2.45) is 11.8 Å². The average molecular weight is 499 g/mol. The molecule has 1 heterocycles. The molecule has 188 valence electrons. The van der Waals surface area contributed by atoms with Gasteiger partial charge in [-0.3, -0.25) is 4.90 Å². The van der Waals surface area contributed by atoms with Crippen molar-refractivity contribution in [1.82, 2.24) is 4.90 Å². The zero-order valence-electron chi connectivity index (χ0n) is 17.8. The summed E-state index contributed by atoms with van der Waals surface area (Å²) in [5.74, 6) is -0.877. The van der Waals surface area contributed by atoms with Gasteiger partial charge in [0.05, 0.1) is 16.7 Å². The molecule has 3 atom stereocenters. The largest absolute Gasteiger partial charge is 0.416 e. The fraction of sp³-hybridized carbons (Fsp3) is 0.522. The molecule has 3 rings (SSSR count). The molecule has 0 saturated carbocycles. The Morgan fingerprint density at radius 2 is 1.68 bits per heavy atom. The van der Waals surface area contributed by atoms with Crippen molar-refractivity contribution in [2.75, 3.05) is 6.54 Å². The van der Waals surface area contributed by atoms with Crippen molar-refractivity contribution in [2.45, 2.75) is 56.8 Å². The maximum Gasteiger partial charge on any atom is 0.416 e. The van der Waals surface area contributed by atoms with Crippen molar-refractivity contribution in [1.29, 1.82) is 0 Å². The van der Waals surface area contributed by atoms with Gasteiger partial charge in [-0.2, -0.15) is 39.5 Å². The second-order valence-corrected chi connectivity index (χ2v) is 8.55. The van der Waals surface area contributed by atoms with Crippen LogP contribution in [-0.2, 0) is 23.7 Å². The van der Waals surface area contributed by atoms with Gasteiger partial charge < -0.3 is 4.79 Å². The lowest BCUT2D eigenvalue weighted by Gasteiger charge is -2.45. The lowest BCUT2D eigenvalue weighted by Crippen LogP contribution is -2.49. The summed E-state index contributed by atoms with van der Waals surface area (Å²) >= 11 is 0. The number of halogens is 9. The summed E-state index contributed by atoms with van der Waals surface area (Å²) in [6, 6.07) is 0.653. The molecule has 0 bridgehead atoms. The molecule has 1 aromatic rings. The fourth-order valence-corrected chi connectivity index (χ4v) is 4.86. The van der Waals surface area contributed by atoms with Crippen molar-refractivity contribution < 1.29 is 44.3 Å². The normalized spacial score (nSPS) is 24.7. The molecule has 0 aromatic heterocycles. The van der Waals surface area contributed by atoms with E-state index in [0.717, 1.165) is 12.2 Å². The Morgan fingerprint density at radius 3 is 2.21 bits per heavy atom. The number of allylic oxidation sites excluding steroid dienone is 3. The van der Waals surface area contributed by atoms with Gasteiger partial charge in [0.2, 0.25) is 0 Å². The highest BCUT2D eigenvalue weighted by molar-refractivity contribution is 5.50. The highest BCUT2D eigenvalue weighted by atomic mass is 19.4. The fourth-order valence-electron chi connectivity index (χ4n) is 4.86. The van der Waals surface area contributed by atoms with E-state index in [1.807, 2.05) is 0 Å². The molecule has 2 aliphatic rings. The van der Waals surface area contributed by atoms with Crippen LogP contribution in [0.3, 0.4) is 0 Å². The predicted molar refractivity (Wildman–Crippen MR) is 105 cm³/mol. The summed E-state index contributed by atoms with van der Waals surface area (Å²) in [5, 5.41) is 0. The van der Waals surface area contributed by atoms with Crippen LogP contribution in [0, 0.1) is 11.8 Å². The van der Waals surface area contributed by atoms with Gasteiger partial charge in [0.25, 0.3) is 0 Å². The zero-order valence-corrected chi connectivity index (χ0v) is 17.8. The Balaban J connectivity index is 1.96. The van der Waals surface area contributed by atoms with E-state index in [9.17, 15) is 44.3 Å². The first-order valence-corrected chi connectivity index (χ1v) is 10.6. The van der Waals surface area contributed by atoms with E-state index < -0.39 is 59.3 Å². The Labute approximate surface area is 190 Å². The molecule has 0 N–H and O–H groups in total. The Kier molecular flexibility index (Phi) is 7.54. The number of hydrogen-bond acceptors (Lipinski definition) is 2. The van der Waals surface area contributed by atoms with Gasteiger partial charge in [-0.15, -0.1) is 0 Å². The third kappa shape index (κ3) is 6.03. The van der Waals surface area contributed by atoms with Crippen molar-refractivity contribution in [3.63, 3.8) is 0 Å². The molecular formula is C23H22F9NO. The third-order valence-corrected chi connectivity index (χ3v) is 6.33. The number of nitrogens with zero attached hydrogens (tertiary/aromatic N) is 1. The Morgan fingerprint density at radius 1 is 0.971 bits per heavy atom. The monoisotopic (exact) mass is 499 g/mol. The number of piperidine rings is 1. The minimum Gasteiger partial charge on any atom is -0.303 e. The van der Waals surface area contributed by atoms with E-state index in [2.05, 4.69) is 0 Å². The van der Waals surface area contributed by atoms with Crippen molar-refractivity contribution >= 4 is 6.29 Å². The second-order valence-electron chi connectivity index (χ2n) is 8.55. The zero-order chi connectivity index (χ0) is 25.3. The van der Waals surface area contributed by atoms with Crippen LogP contribution in [0.4, 0.5) is 39.5 Å². The average Bonchev–Trinajstić information content (AvgIpc) is 2.72. The number of benzene rings is 1. The molecule has 1 unspecified atom stereocenters. The molecule has 1 saturated heterocycles. The van der Waals surface area contributed by atoms with Crippen LogP contribution in [0.2, 0.25) is 0 Å². The summed E-state index contributed by atoms with van der Waals surface area (Å²) in [6.45, 7) is -0.229. The minimum absolute atomic E-state index is 0.0451. The SMILES string of the molecule is O=CC[C@@H]1CCCN(Cc2cc(C(F)(F)F)ccc2C(F)(F)F)[C@H]1C1C=CC(C(F)(F)F)=CC1. The summed E-state index contributed by atoms with van der Waals surface area (Å²) in [7, 11) is 0. The van der Waals surface area contributed by atoms with Gasteiger partial charge in [0.15, 0.2) is 0 Å². The van der Waals surface area contributed by atoms with Crippen LogP contribution in [0.25, 0.3) is 0 Å². The smallest absolute Gasteiger partial charge is 0.303 e. The lowest BCUT2D eigenvalue weighted by atomic mass is 9.76. The van der Waals surface area contributed by atoms with Crippen LogP contribution < -0.4 is 0 Å². The number of aldehydes is 1. The highest BCUT2D eigenvalue weighted by Crippen LogP contribution is 2.41. The van der Waals surface area contributed by atoms with Crippen LogP contribution in [-0.4, -0.2) is 29.9 Å². The number of rotatable bonds is 5.